The first-order valence-electron chi connectivity index (χ1n) is 4.92. The van der Waals surface area contributed by atoms with Crippen molar-refractivity contribution >= 4 is 15.5 Å². The lowest BCUT2D eigenvalue weighted by Gasteiger charge is -2.03. The Morgan fingerprint density at radius 1 is 1.06 bits per heavy atom. The van der Waals surface area contributed by atoms with Crippen molar-refractivity contribution in [3.05, 3.63) is 48.5 Å². The van der Waals surface area contributed by atoms with Gasteiger partial charge in [-0.3, -0.25) is 0 Å². The van der Waals surface area contributed by atoms with E-state index in [1.165, 1.54) is 24.5 Å². The fraction of sp³-hybridized carbons (Fsp3) is 0.0909. The number of nitrogens with two attached hydrogens (primary N) is 1. The highest BCUT2D eigenvalue weighted by Gasteiger charge is 2.16. The third-order valence-corrected chi connectivity index (χ3v) is 3.81. The minimum atomic E-state index is -3.41. The van der Waals surface area contributed by atoms with E-state index in [9.17, 15) is 8.42 Å². The van der Waals surface area contributed by atoms with Crippen LogP contribution in [0.5, 0.6) is 0 Å². The summed E-state index contributed by atoms with van der Waals surface area (Å²) >= 11 is 0. The number of rotatable bonds is 3. The Balaban J connectivity index is 2.29. The van der Waals surface area contributed by atoms with Crippen molar-refractivity contribution in [2.45, 2.75) is 10.6 Å². The van der Waals surface area contributed by atoms with Gasteiger partial charge in [0.05, 0.1) is 4.90 Å². The van der Waals surface area contributed by atoms with Crippen LogP contribution in [0.1, 0.15) is 5.82 Å². The number of sulfone groups is 1. The maximum absolute atomic E-state index is 12.0. The minimum absolute atomic E-state index is 0.211. The van der Waals surface area contributed by atoms with Gasteiger partial charge < -0.3 is 5.73 Å². The van der Waals surface area contributed by atoms with Gasteiger partial charge in [-0.1, -0.05) is 0 Å². The maximum Gasteiger partial charge on any atom is 0.185 e. The third-order valence-electron chi connectivity index (χ3n) is 2.18. The Morgan fingerprint density at radius 2 is 1.65 bits per heavy atom. The first-order chi connectivity index (χ1) is 8.08. The Hall–Kier alpha value is -1.95. The molecule has 0 aliphatic rings. The first kappa shape index (κ1) is 11.5. The van der Waals surface area contributed by atoms with Crippen molar-refractivity contribution in [1.82, 2.24) is 9.97 Å². The van der Waals surface area contributed by atoms with Gasteiger partial charge >= 0.3 is 0 Å². The zero-order chi connectivity index (χ0) is 12.3. The normalized spacial score (nSPS) is 11.3. The molecule has 1 aromatic carbocycles. The molecule has 0 radical (unpaired) electrons. The van der Waals surface area contributed by atoms with E-state index in [2.05, 4.69) is 9.97 Å². The second-order valence-electron chi connectivity index (χ2n) is 3.49. The number of benzene rings is 1. The van der Waals surface area contributed by atoms with Crippen LogP contribution >= 0.6 is 0 Å². The number of nitrogens with zero attached hydrogens (tertiary/aromatic N) is 2. The molecule has 88 valence electrons. The lowest BCUT2D eigenvalue weighted by atomic mass is 10.3. The van der Waals surface area contributed by atoms with Gasteiger partial charge in [-0.05, 0) is 30.3 Å². The molecule has 0 saturated heterocycles. The fourth-order valence-corrected chi connectivity index (χ4v) is 2.54. The van der Waals surface area contributed by atoms with Crippen LogP contribution in [0.25, 0.3) is 0 Å². The summed E-state index contributed by atoms with van der Waals surface area (Å²) in [6, 6.07) is 7.71. The van der Waals surface area contributed by atoms with Crippen LogP contribution < -0.4 is 5.73 Å². The van der Waals surface area contributed by atoms with Gasteiger partial charge in [0, 0.05) is 18.1 Å². The van der Waals surface area contributed by atoms with E-state index in [1.807, 2.05) is 0 Å². The zero-order valence-electron chi connectivity index (χ0n) is 8.95. The van der Waals surface area contributed by atoms with Crippen molar-refractivity contribution in [2.24, 2.45) is 0 Å². The second kappa shape index (κ2) is 4.50. The quantitative estimate of drug-likeness (QED) is 0.821. The number of hydrogen-bond acceptors (Lipinski definition) is 5. The Kier molecular flexibility index (Phi) is 3.06. The predicted octanol–water partition coefficient (Wildman–Crippen LogP) is 1.03. The van der Waals surface area contributed by atoms with E-state index < -0.39 is 9.84 Å². The van der Waals surface area contributed by atoms with Gasteiger partial charge in [-0.25, -0.2) is 18.4 Å². The first-order valence-corrected chi connectivity index (χ1v) is 6.57. The molecular weight excluding hydrogens is 238 g/mol. The molecule has 6 heteroatoms. The summed E-state index contributed by atoms with van der Waals surface area (Å²) in [6.45, 7) is 0. The molecule has 2 rings (SSSR count). The SMILES string of the molecule is Nc1ccc(S(=O)(=O)Cc2ncccn2)cc1. The van der Waals surface area contributed by atoms with Crippen LogP contribution in [0.2, 0.25) is 0 Å². The highest BCUT2D eigenvalue weighted by molar-refractivity contribution is 7.90. The summed E-state index contributed by atoms with van der Waals surface area (Å²) in [6.07, 6.45) is 3.03. The monoisotopic (exact) mass is 249 g/mol. The molecule has 0 unspecified atom stereocenters. The van der Waals surface area contributed by atoms with Gasteiger partial charge in [0.15, 0.2) is 9.84 Å². The summed E-state index contributed by atoms with van der Waals surface area (Å²) in [5.41, 5.74) is 6.03. The predicted molar refractivity (Wildman–Crippen MR) is 63.8 cm³/mol. The summed E-state index contributed by atoms with van der Waals surface area (Å²) < 4.78 is 24.0. The van der Waals surface area contributed by atoms with E-state index in [0.717, 1.165) is 0 Å². The van der Waals surface area contributed by atoms with Gasteiger partial charge in [0.2, 0.25) is 0 Å². The lowest BCUT2D eigenvalue weighted by Crippen LogP contribution is -2.07. The molecule has 2 N–H and O–H groups in total. The Labute approximate surface area is 99.3 Å². The summed E-state index contributed by atoms with van der Waals surface area (Å²) in [7, 11) is -3.41. The van der Waals surface area contributed by atoms with Crippen LogP contribution in [0, 0.1) is 0 Å². The molecule has 0 amide bonds. The molecule has 0 bridgehead atoms. The van der Waals surface area contributed by atoms with Crippen LogP contribution in [-0.4, -0.2) is 18.4 Å². The van der Waals surface area contributed by atoms with Crippen LogP contribution in [0.15, 0.2) is 47.6 Å². The summed E-state index contributed by atoms with van der Waals surface area (Å²) in [5, 5.41) is 0. The van der Waals surface area contributed by atoms with E-state index in [4.69, 9.17) is 5.73 Å². The molecule has 0 fully saturated rings. The number of anilines is 1. The zero-order valence-corrected chi connectivity index (χ0v) is 9.76. The molecular formula is C11H11N3O2S. The maximum atomic E-state index is 12.0. The highest BCUT2D eigenvalue weighted by atomic mass is 32.2. The molecule has 0 spiro atoms. The lowest BCUT2D eigenvalue weighted by molar-refractivity contribution is 0.594. The molecule has 1 aromatic heterocycles. The molecule has 17 heavy (non-hydrogen) atoms. The van der Waals surface area contributed by atoms with Gasteiger partial charge in [-0.2, -0.15) is 0 Å². The van der Waals surface area contributed by atoms with Crippen LogP contribution in [0.4, 0.5) is 5.69 Å². The van der Waals surface area contributed by atoms with Gasteiger partial charge in [0.1, 0.15) is 11.6 Å². The molecule has 0 aliphatic carbocycles. The van der Waals surface area contributed by atoms with Crippen molar-refractivity contribution in [2.75, 3.05) is 5.73 Å². The van der Waals surface area contributed by atoms with Crippen molar-refractivity contribution in [3.8, 4) is 0 Å². The molecule has 5 nitrogen and oxygen atoms in total. The van der Waals surface area contributed by atoms with E-state index >= 15 is 0 Å². The summed E-state index contributed by atoms with van der Waals surface area (Å²) in [4.78, 5) is 8.01. The smallest absolute Gasteiger partial charge is 0.185 e. The van der Waals surface area contributed by atoms with Crippen LogP contribution in [-0.2, 0) is 15.6 Å². The largest absolute Gasteiger partial charge is 0.399 e. The average molecular weight is 249 g/mol. The third kappa shape index (κ3) is 2.79. The van der Waals surface area contributed by atoms with Crippen molar-refractivity contribution in [3.63, 3.8) is 0 Å². The topological polar surface area (TPSA) is 85.9 Å². The highest BCUT2D eigenvalue weighted by Crippen LogP contribution is 2.15. The Bertz CT molecular complexity index is 594. The molecule has 2 aromatic rings. The van der Waals surface area contributed by atoms with Crippen molar-refractivity contribution < 1.29 is 8.42 Å². The average Bonchev–Trinajstić information content (AvgIpc) is 2.30. The molecule has 0 aliphatic heterocycles. The van der Waals surface area contributed by atoms with Gasteiger partial charge in [0.25, 0.3) is 0 Å². The van der Waals surface area contributed by atoms with Gasteiger partial charge in [-0.15, -0.1) is 0 Å². The van der Waals surface area contributed by atoms with Crippen LogP contribution in [0.3, 0.4) is 0 Å². The molecule has 1 heterocycles. The summed E-state index contributed by atoms with van der Waals surface area (Å²) in [5.74, 6) is 0.0712. The number of nitrogen functional groups attached to an aromatic ring is 1. The van der Waals surface area contributed by atoms with Crippen molar-refractivity contribution in [1.29, 1.82) is 0 Å². The molecule has 0 saturated carbocycles. The molecule has 0 atom stereocenters. The number of hydrogen-bond donors (Lipinski definition) is 1. The van der Waals surface area contributed by atoms with E-state index in [-0.39, 0.29) is 16.5 Å². The van der Waals surface area contributed by atoms with E-state index in [0.29, 0.717) is 5.69 Å². The Morgan fingerprint density at radius 3 is 2.24 bits per heavy atom. The minimum Gasteiger partial charge on any atom is -0.399 e. The van der Waals surface area contributed by atoms with E-state index in [1.54, 1.807) is 18.2 Å². The standard InChI is InChI=1S/C11H11N3O2S/c12-9-2-4-10(5-3-9)17(15,16)8-11-13-6-1-7-14-11/h1-7H,8,12H2. The fourth-order valence-electron chi connectivity index (χ4n) is 1.33. The number of aromatic nitrogens is 2. The second-order valence-corrected chi connectivity index (χ2v) is 5.48.